The van der Waals surface area contributed by atoms with E-state index in [2.05, 4.69) is 0 Å². The molecule has 0 radical (unpaired) electrons. The molecule has 2 nitrogen and oxygen atoms in total. The maximum Gasteiger partial charge on any atom is 0.149 e. The fraction of sp³-hybridized carbons (Fsp3) is 0.400. The number of benzene rings is 1. The maximum atomic E-state index is 12.9. The maximum absolute atomic E-state index is 12.9. The molecule has 1 aromatic rings. The summed E-state index contributed by atoms with van der Waals surface area (Å²) >= 11 is 0. The molecule has 0 aromatic heterocycles. The number of nitrogens with two attached hydrogens (primary N) is 1. The Balaban J connectivity index is 2.73. The van der Waals surface area contributed by atoms with Gasteiger partial charge in [-0.15, -0.1) is 0 Å². The zero-order valence-corrected chi connectivity index (χ0v) is 7.88. The van der Waals surface area contributed by atoms with Gasteiger partial charge in [-0.05, 0) is 25.5 Å². The highest BCUT2D eigenvalue weighted by Crippen LogP contribution is 2.19. The first-order valence-corrected chi connectivity index (χ1v) is 4.35. The van der Waals surface area contributed by atoms with E-state index in [1.165, 1.54) is 12.1 Å². The number of rotatable bonds is 3. The average Bonchev–Trinajstić information content (AvgIpc) is 2.11. The molecule has 0 amide bonds. The van der Waals surface area contributed by atoms with Gasteiger partial charge in [-0.25, -0.2) is 4.39 Å². The third-order valence-corrected chi connectivity index (χ3v) is 1.88. The summed E-state index contributed by atoms with van der Waals surface area (Å²) in [6, 6.07) is 4.49. The van der Waals surface area contributed by atoms with Crippen LogP contribution in [0.3, 0.4) is 0 Å². The van der Waals surface area contributed by atoms with E-state index in [0.717, 1.165) is 6.42 Å². The van der Waals surface area contributed by atoms with Crippen LogP contribution in [0.2, 0.25) is 0 Å². The van der Waals surface area contributed by atoms with Crippen molar-refractivity contribution in [2.45, 2.75) is 26.4 Å². The Morgan fingerprint density at radius 2 is 2.23 bits per heavy atom. The van der Waals surface area contributed by atoms with E-state index in [0.29, 0.717) is 5.75 Å². The molecule has 0 saturated carbocycles. The van der Waals surface area contributed by atoms with Crippen LogP contribution in [-0.2, 0) is 0 Å². The van der Waals surface area contributed by atoms with E-state index in [-0.39, 0.29) is 11.8 Å². The molecule has 2 N–H and O–H groups in total. The van der Waals surface area contributed by atoms with Crippen LogP contribution < -0.4 is 10.5 Å². The van der Waals surface area contributed by atoms with Crippen LogP contribution in [0.4, 0.5) is 10.1 Å². The van der Waals surface area contributed by atoms with Gasteiger partial charge >= 0.3 is 0 Å². The quantitative estimate of drug-likeness (QED) is 0.731. The summed E-state index contributed by atoms with van der Waals surface area (Å²) < 4.78 is 18.3. The predicted octanol–water partition coefficient (Wildman–Crippen LogP) is 2.59. The molecule has 0 heterocycles. The van der Waals surface area contributed by atoms with Crippen LogP contribution in [0.15, 0.2) is 18.2 Å². The van der Waals surface area contributed by atoms with E-state index in [1.54, 1.807) is 6.07 Å². The van der Waals surface area contributed by atoms with Gasteiger partial charge in [0.05, 0.1) is 11.8 Å². The number of ether oxygens (including phenoxy) is 1. The first-order valence-electron chi connectivity index (χ1n) is 4.35. The fourth-order valence-electron chi connectivity index (χ4n) is 0.897. The van der Waals surface area contributed by atoms with Crippen molar-refractivity contribution in [1.82, 2.24) is 0 Å². The Morgan fingerprint density at radius 3 is 2.77 bits per heavy atom. The Kier molecular flexibility index (Phi) is 3.12. The highest BCUT2D eigenvalue weighted by atomic mass is 19.1. The van der Waals surface area contributed by atoms with Crippen LogP contribution in [0, 0.1) is 5.82 Å². The monoisotopic (exact) mass is 183 g/mol. The predicted molar refractivity (Wildman–Crippen MR) is 51.2 cm³/mol. The Morgan fingerprint density at radius 1 is 1.54 bits per heavy atom. The van der Waals surface area contributed by atoms with Crippen LogP contribution in [-0.4, -0.2) is 6.10 Å². The van der Waals surface area contributed by atoms with Gasteiger partial charge in [0.1, 0.15) is 11.6 Å². The van der Waals surface area contributed by atoms with Crippen LogP contribution in [0.1, 0.15) is 20.3 Å². The lowest BCUT2D eigenvalue weighted by Crippen LogP contribution is -2.09. The Labute approximate surface area is 77.5 Å². The van der Waals surface area contributed by atoms with Crippen molar-refractivity contribution < 1.29 is 9.13 Å². The van der Waals surface area contributed by atoms with Crippen molar-refractivity contribution in [3.8, 4) is 5.75 Å². The second-order valence-corrected chi connectivity index (χ2v) is 3.02. The topological polar surface area (TPSA) is 35.2 Å². The molecule has 13 heavy (non-hydrogen) atoms. The Hall–Kier alpha value is -1.25. The minimum atomic E-state index is -0.430. The molecule has 0 bridgehead atoms. The summed E-state index contributed by atoms with van der Waals surface area (Å²) in [6.07, 6.45) is 0.995. The summed E-state index contributed by atoms with van der Waals surface area (Å²) in [4.78, 5) is 0. The first-order chi connectivity index (χ1) is 6.13. The minimum absolute atomic E-state index is 0.100. The molecule has 0 aliphatic rings. The molecule has 3 heteroatoms. The van der Waals surface area contributed by atoms with Crippen molar-refractivity contribution in [3.05, 3.63) is 24.0 Å². The van der Waals surface area contributed by atoms with Gasteiger partial charge in [-0.3, -0.25) is 0 Å². The largest absolute Gasteiger partial charge is 0.491 e. The second-order valence-electron chi connectivity index (χ2n) is 3.02. The third-order valence-electron chi connectivity index (χ3n) is 1.88. The van der Waals surface area contributed by atoms with Gasteiger partial charge in [0, 0.05) is 6.07 Å². The summed E-state index contributed by atoms with van der Waals surface area (Å²) in [5.74, 6) is 0.0989. The van der Waals surface area contributed by atoms with E-state index >= 15 is 0 Å². The SMILES string of the molecule is CCC(C)Oc1ccc(N)c(F)c1. The normalized spacial score (nSPS) is 12.5. The molecule has 0 spiro atoms. The third kappa shape index (κ3) is 2.61. The molecule has 0 saturated heterocycles. The van der Waals surface area contributed by atoms with E-state index in [9.17, 15) is 4.39 Å². The molecular formula is C10H14FNO. The van der Waals surface area contributed by atoms with Crippen molar-refractivity contribution in [2.24, 2.45) is 0 Å². The lowest BCUT2D eigenvalue weighted by atomic mass is 10.3. The molecular weight excluding hydrogens is 169 g/mol. The second kappa shape index (κ2) is 4.12. The van der Waals surface area contributed by atoms with Gasteiger partial charge in [-0.2, -0.15) is 0 Å². The molecule has 72 valence electrons. The summed E-state index contributed by atoms with van der Waals surface area (Å²) in [5.41, 5.74) is 5.47. The van der Waals surface area contributed by atoms with Crippen molar-refractivity contribution in [1.29, 1.82) is 0 Å². The number of hydrogen-bond acceptors (Lipinski definition) is 2. The van der Waals surface area contributed by atoms with Crippen LogP contribution >= 0.6 is 0 Å². The number of nitrogen functional groups attached to an aromatic ring is 1. The number of halogens is 1. The smallest absolute Gasteiger partial charge is 0.149 e. The fourth-order valence-corrected chi connectivity index (χ4v) is 0.897. The number of hydrogen-bond donors (Lipinski definition) is 1. The summed E-state index contributed by atoms with van der Waals surface area (Å²) in [7, 11) is 0. The van der Waals surface area contributed by atoms with E-state index in [4.69, 9.17) is 10.5 Å². The zero-order chi connectivity index (χ0) is 9.84. The first kappa shape index (κ1) is 9.84. The number of anilines is 1. The highest BCUT2D eigenvalue weighted by molar-refractivity contribution is 5.43. The average molecular weight is 183 g/mol. The van der Waals surface area contributed by atoms with Gasteiger partial charge in [0.15, 0.2) is 0 Å². The van der Waals surface area contributed by atoms with Crippen molar-refractivity contribution in [3.63, 3.8) is 0 Å². The lowest BCUT2D eigenvalue weighted by molar-refractivity contribution is 0.216. The van der Waals surface area contributed by atoms with Crippen LogP contribution in [0.5, 0.6) is 5.75 Å². The highest BCUT2D eigenvalue weighted by Gasteiger charge is 2.03. The molecule has 0 aliphatic heterocycles. The van der Waals surface area contributed by atoms with Gasteiger partial charge in [0.25, 0.3) is 0 Å². The van der Waals surface area contributed by atoms with Gasteiger partial charge < -0.3 is 10.5 Å². The lowest BCUT2D eigenvalue weighted by Gasteiger charge is -2.12. The minimum Gasteiger partial charge on any atom is -0.491 e. The van der Waals surface area contributed by atoms with Gasteiger partial charge in [0.2, 0.25) is 0 Å². The zero-order valence-electron chi connectivity index (χ0n) is 7.88. The molecule has 1 atom stereocenters. The molecule has 0 aliphatic carbocycles. The van der Waals surface area contributed by atoms with Crippen molar-refractivity contribution in [2.75, 3.05) is 5.73 Å². The molecule has 1 aromatic carbocycles. The summed E-state index contributed by atoms with van der Waals surface area (Å²) in [5, 5.41) is 0. The Bertz CT molecular complexity index is 288. The molecule has 1 unspecified atom stereocenters. The molecule has 0 fully saturated rings. The van der Waals surface area contributed by atoms with Crippen molar-refractivity contribution >= 4 is 5.69 Å². The van der Waals surface area contributed by atoms with Crippen LogP contribution in [0.25, 0.3) is 0 Å². The van der Waals surface area contributed by atoms with E-state index in [1.807, 2.05) is 13.8 Å². The van der Waals surface area contributed by atoms with Gasteiger partial charge in [-0.1, -0.05) is 6.92 Å². The standard InChI is InChI=1S/C10H14FNO/c1-3-7(2)13-8-4-5-10(12)9(11)6-8/h4-7H,3,12H2,1-2H3. The van der Waals surface area contributed by atoms with E-state index < -0.39 is 5.82 Å². The summed E-state index contributed by atoms with van der Waals surface area (Å²) in [6.45, 7) is 3.95. The molecule has 1 rings (SSSR count).